The van der Waals surface area contributed by atoms with E-state index in [1.807, 2.05) is 44.2 Å². The normalized spacial score (nSPS) is 13.6. The maximum Gasteiger partial charge on any atom is 0.303 e. The van der Waals surface area contributed by atoms with Gasteiger partial charge in [-0.25, -0.2) is 0 Å². The number of aliphatic carboxylic acids is 1. The van der Waals surface area contributed by atoms with Gasteiger partial charge in [0.25, 0.3) is 0 Å². The Balaban J connectivity index is 2.38. The van der Waals surface area contributed by atoms with E-state index >= 15 is 0 Å². The summed E-state index contributed by atoms with van der Waals surface area (Å²) in [5.74, 6) is -0.709. The Kier molecular flexibility index (Phi) is 8.33. The van der Waals surface area contributed by atoms with E-state index in [1.54, 1.807) is 0 Å². The summed E-state index contributed by atoms with van der Waals surface area (Å²) < 4.78 is 0. The van der Waals surface area contributed by atoms with Gasteiger partial charge in [0.05, 0.1) is 6.04 Å². The quantitative estimate of drug-likeness (QED) is 0.616. The van der Waals surface area contributed by atoms with Crippen LogP contribution in [-0.4, -0.2) is 29.6 Å². The second-order valence-corrected chi connectivity index (χ2v) is 6.47. The third-order valence-corrected chi connectivity index (χ3v) is 3.76. The summed E-state index contributed by atoms with van der Waals surface area (Å²) in [5.41, 5.74) is 7.08. The Morgan fingerprint density at radius 1 is 1.22 bits per heavy atom. The number of carboxylic acids is 1. The van der Waals surface area contributed by atoms with E-state index in [9.17, 15) is 9.59 Å². The van der Waals surface area contributed by atoms with Gasteiger partial charge >= 0.3 is 5.97 Å². The Morgan fingerprint density at radius 2 is 1.87 bits per heavy atom. The van der Waals surface area contributed by atoms with Crippen molar-refractivity contribution < 1.29 is 14.7 Å². The zero-order valence-corrected chi connectivity index (χ0v) is 14.0. The summed E-state index contributed by atoms with van der Waals surface area (Å²) in [6.45, 7) is 4.45. The van der Waals surface area contributed by atoms with E-state index in [4.69, 9.17) is 10.8 Å². The second kappa shape index (κ2) is 10.0. The van der Waals surface area contributed by atoms with Gasteiger partial charge in [-0.05, 0) is 36.7 Å². The number of benzene rings is 1. The molecular formula is C18H28N2O3. The van der Waals surface area contributed by atoms with Crippen molar-refractivity contribution >= 4 is 11.9 Å². The van der Waals surface area contributed by atoms with Gasteiger partial charge in [0.2, 0.25) is 5.91 Å². The minimum absolute atomic E-state index is 0.0576. The fourth-order valence-electron chi connectivity index (χ4n) is 2.63. The molecule has 5 heteroatoms. The second-order valence-electron chi connectivity index (χ2n) is 6.47. The van der Waals surface area contributed by atoms with Crippen molar-refractivity contribution in [3.63, 3.8) is 0 Å². The smallest absolute Gasteiger partial charge is 0.303 e. The van der Waals surface area contributed by atoms with Crippen molar-refractivity contribution in [2.45, 2.75) is 45.6 Å². The average Bonchev–Trinajstić information content (AvgIpc) is 2.49. The summed E-state index contributed by atoms with van der Waals surface area (Å²) in [6.07, 6.45) is 2.16. The van der Waals surface area contributed by atoms with Crippen molar-refractivity contribution in [3.8, 4) is 0 Å². The Bertz CT molecular complexity index is 488. The molecule has 0 radical (unpaired) electrons. The molecule has 0 spiro atoms. The lowest BCUT2D eigenvalue weighted by Gasteiger charge is -2.19. The minimum Gasteiger partial charge on any atom is -0.481 e. The third-order valence-electron chi connectivity index (χ3n) is 3.76. The lowest BCUT2D eigenvalue weighted by atomic mass is 9.94. The van der Waals surface area contributed by atoms with Crippen molar-refractivity contribution in [3.05, 3.63) is 35.9 Å². The summed E-state index contributed by atoms with van der Waals surface area (Å²) in [7, 11) is 0. The zero-order chi connectivity index (χ0) is 17.2. The Hall–Kier alpha value is -1.88. The van der Waals surface area contributed by atoms with Crippen LogP contribution in [0.4, 0.5) is 0 Å². The first kappa shape index (κ1) is 19.2. The number of carbonyl (C=O) groups excluding carboxylic acids is 1. The van der Waals surface area contributed by atoms with Gasteiger partial charge in [0.1, 0.15) is 0 Å². The van der Waals surface area contributed by atoms with Crippen molar-refractivity contribution in [2.24, 2.45) is 17.6 Å². The number of carbonyl (C=O) groups is 2. The fraction of sp³-hybridized carbons (Fsp3) is 0.556. The van der Waals surface area contributed by atoms with Crippen molar-refractivity contribution in [2.75, 3.05) is 6.54 Å². The molecule has 0 heterocycles. The molecule has 0 saturated heterocycles. The molecule has 1 amide bonds. The first-order chi connectivity index (χ1) is 10.9. The molecule has 4 N–H and O–H groups in total. The molecule has 1 aromatic rings. The molecule has 0 fully saturated rings. The lowest BCUT2D eigenvalue weighted by Crippen LogP contribution is -2.43. The Labute approximate surface area is 138 Å². The number of amides is 1. The molecular weight excluding hydrogens is 292 g/mol. The van der Waals surface area contributed by atoms with Crippen LogP contribution in [0, 0.1) is 11.8 Å². The molecule has 0 aliphatic heterocycles. The highest BCUT2D eigenvalue weighted by atomic mass is 16.4. The molecule has 0 bridgehead atoms. The zero-order valence-electron chi connectivity index (χ0n) is 14.0. The van der Waals surface area contributed by atoms with E-state index < -0.39 is 12.0 Å². The standard InChI is InChI=1S/C18H28N2O3/c1-13(2)10-15(11-17(21)22)12-20-18(23)16(19)9-8-14-6-4-3-5-7-14/h3-7,13,15-16H,8-12,19H2,1-2H3,(H,20,23)(H,21,22)/t15-,16+/m0/s1. The van der Waals surface area contributed by atoms with Crippen LogP contribution < -0.4 is 11.1 Å². The first-order valence-corrected chi connectivity index (χ1v) is 8.17. The van der Waals surface area contributed by atoms with Crippen LogP contribution in [0.2, 0.25) is 0 Å². The van der Waals surface area contributed by atoms with Crippen LogP contribution in [0.15, 0.2) is 30.3 Å². The topological polar surface area (TPSA) is 92.4 Å². The van der Waals surface area contributed by atoms with Gasteiger partial charge in [-0.1, -0.05) is 44.2 Å². The van der Waals surface area contributed by atoms with Gasteiger partial charge < -0.3 is 16.2 Å². The largest absolute Gasteiger partial charge is 0.481 e. The Morgan fingerprint density at radius 3 is 2.43 bits per heavy atom. The number of nitrogens with two attached hydrogens (primary N) is 1. The van der Waals surface area contributed by atoms with E-state index in [0.717, 1.165) is 18.4 Å². The van der Waals surface area contributed by atoms with Crippen LogP contribution >= 0.6 is 0 Å². The van der Waals surface area contributed by atoms with E-state index in [0.29, 0.717) is 18.9 Å². The molecule has 5 nitrogen and oxygen atoms in total. The molecule has 0 aliphatic carbocycles. The van der Waals surface area contributed by atoms with Crippen molar-refractivity contribution in [1.82, 2.24) is 5.32 Å². The number of rotatable bonds is 10. The molecule has 0 aliphatic rings. The average molecular weight is 320 g/mol. The highest BCUT2D eigenvalue weighted by Gasteiger charge is 2.18. The molecule has 0 unspecified atom stereocenters. The SMILES string of the molecule is CC(C)C[C@H](CNC(=O)[C@H](N)CCc1ccccc1)CC(=O)O. The van der Waals surface area contributed by atoms with Crippen LogP contribution in [0.25, 0.3) is 0 Å². The number of aryl methyl sites for hydroxylation is 1. The van der Waals surface area contributed by atoms with Gasteiger partial charge in [-0.3, -0.25) is 9.59 Å². The molecule has 23 heavy (non-hydrogen) atoms. The van der Waals surface area contributed by atoms with Crippen LogP contribution in [0.3, 0.4) is 0 Å². The van der Waals surface area contributed by atoms with Gasteiger partial charge in [-0.2, -0.15) is 0 Å². The molecule has 0 saturated carbocycles. The summed E-state index contributed by atoms with van der Waals surface area (Å²) >= 11 is 0. The predicted octanol–water partition coefficient (Wildman–Crippen LogP) is 2.20. The van der Waals surface area contributed by atoms with Crippen LogP contribution in [0.1, 0.15) is 38.7 Å². The number of hydrogen-bond acceptors (Lipinski definition) is 3. The minimum atomic E-state index is -0.835. The van der Waals surface area contributed by atoms with E-state index in [2.05, 4.69) is 5.32 Å². The van der Waals surface area contributed by atoms with Crippen LogP contribution in [-0.2, 0) is 16.0 Å². The van der Waals surface area contributed by atoms with E-state index in [1.165, 1.54) is 0 Å². The highest BCUT2D eigenvalue weighted by Crippen LogP contribution is 2.15. The van der Waals surface area contributed by atoms with Crippen molar-refractivity contribution in [1.29, 1.82) is 0 Å². The third kappa shape index (κ3) is 8.35. The lowest BCUT2D eigenvalue weighted by molar-refractivity contribution is -0.138. The monoisotopic (exact) mass is 320 g/mol. The fourth-order valence-corrected chi connectivity index (χ4v) is 2.63. The van der Waals surface area contributed by atoms with Crippen LogP contribution in [0.5, 0.6) is 0 Å². The molecule has 2 atom stereocenters. The number of carboxylic acid groups (broad SMARTS) is 1. The van der Waals surface area contributed by atoms with Gasteiger partial charge in [0, 0.05) is 13.0 Å². The predicted molar refractivity (Wildman–Crippen MR) is 90.9 cm³/mol. The van der Waals surface area contributed by atoms with Gasteiger partial charge in [0.15, 0.2) is 0 Å². The summed E-state index contributed by atoms with van der Waals surface area (Å²) in [4.78, 5) is 22.9. The van der Waals surface area contributed by atoms with Gasteiger partial charge in [-0.15, -0.1) is 0 Å². The maximum atomic E-state index is 12.1. The summed E-state index contributed by atoms with van der Waals surface area (Å²) in [6, 6.07) is 9.33. The van der Waals surface area contributed by atoms with E-state index in [-0.39, 0.29) is 18.2 Å². The molecule has 128 valence electrons. The molecule has 0 aromatic heterocycles. The number of nitrogens with one attached hydrogen (secondary N) is 1. The molecule has 1 aromatic carbocycles. The molecule has 1 rings (SSSR count). The summed E-state index contributed by atoms with van der Waals surface area (Å²) in [5, 5.41) is 11.7. The highest BCUT2D eigenvalue weighted by molar-refractivity contribution is 5.81. The maximum absolute atomic E-state index is 12.1. The first-order valence-electron chi connectivity index (χ1n) is 8.17. The number of hydrogen-bond donors (Lipinski definition) is 3.